The molecule has 112 valence electrons. The summed E-state index contributed by atoms with van der Waals surface area (Å²) in [5.74, 6) is 0.559. The number of ether oxygens (including phenoxy) is 1. The highest BCUT2D eigenvalue weighted by Gasteiger charge is 2.22. The van der Waals surface area contributed by atoms with Gasteiger partial charge in [-0.1, -0.05) is 62.8 Å². The number of hydrogen-bond donors (Lipinski definition) is 0. The molecule has 0 spiro atoms. The zero-order valence-electron chi connectivity index (χ0n) is 12.6. The van der Waals surface area contributed by atoms with E-state index in [0.717, 1.165) is 11.6 Å². The number of rotatable bonds is 7. The van der Waals surface area contributed by atoms with Crippen molar-refractivity contribution in [3.8, 4) is 0 Å². The average Bonchev–Trinajstić information content (AvgIpc) is 2.49. The molecule has 0 aliphatic carbocycles. The molecule has 2 heteroatoms. The zero-order chi connectivity index (χ0) is 14.2. The Morgan fingerprint density at radius 3 is 2.45 bits per heavy atom. The Labute approximate surface area is 128 Å². The van der Waals surface area contributed by atoms with Crippen LogP contribution in [0.3, 0.4) is 0 Å². The molecule has 0 radical (unpaired) electrons. The Balaban J connectivity index is 1.66. The Bertz CT molecular complexity index is 366. The van der Waals surface area contributed by atoms with Crippen LogP contribution in [0.4, 0.5) is 0 Å². The lowest BCUT2D eigenvalue weighted by Crippen LogP contribution is -2.24. The van der Waals surface area contributed by atoms with Crippen molar-refractivity contribution >= 4 is 11.6 Å². The van der Waals surface area contributed by atoms with Crippen LogP contribution in [0.1, 0.15) is 69.8 Å². The summed E-state index contributed by atoms with van der Waals surface area (Å²) in [7, 11) is 0. The highest BCUT2D eigenvalue weighted by Crippen LogP contribution is 2.30. The minimum Gasteiger partial charge on any atom is -0.378 e. The van der Waals surface area contributed by atoms with Gasteiger partial charge in [-0.2, -0.15) is 0 Å². The minimum absolute atomic E-state index is 0.500. The van der Waals surface area contributed by atoms with E-state index in [-0.39, 0.29) is 0 Å². The summed E-state index contributed by atoms with van der Waals surface area (Å²) in [6.45, 7) is 3.14. The van der Waals surface area contributed by atoms with Gasteiger partial charge in [0, 0.05) is 10.9 Å². The van der Waals surface area contributed by atoms with Crippen LogP contribution in [0.15, 0.2) is 24.3 Å². The molecule has 1 fully saturated rings. The van der Waals surface area contributed by atoms with Gasteiger partial charge in [-0.25, -0.2) is 0 Å². The van der Waals surface area contributed by atoms with E-state index in [2.05, 4.69) is 19.1 Å². The van der Waals surface area contributed by atoms with E-state index in [0.29, 0.717) is 12.0 Å². The molecule has 1 aromatic rings. The van der Waals surface area contributed by atoms with Crippen LogP contribution in [0.5, 0.6) is 0 Å². The van der Waals surface area contributed by atoms with Crippen LogP contribution in [-0.2, 0) is 4.74 Å². The molecule has 1 aromatic carbocycles. The first-order valence-corrected chi connectivity index (χ1v) is 8.54. The molecule has 0 aromatic heterocycles. The highest BCUT2D eigenvalue weighted by atomic mass is 35.5. The van der Waals surface area contributed by atoms with Gasteiger partial charge in [0.2, 0.25) is 0 Å². The quantitative estimate of drug-likeness (QED) is 0.563. The normalized spacial score (nSPS) is 22.9. The SMILES string of the molecule is CCCCCCCC1CCC(c2ccc(Cl)cc2)CO1. The summed E-state index contributed by atoms with van der Waals surface area (Å²) in [5.41, 5.74) is 1.37. The van der Waals surface area contributed by atoms with E-state index in [1.54, 1.807) is 0 Å². The number of unbranched alkanes of at least 4 members (excludes halogenated alkanes) is 4. The van der Waals surface area contributed by atoms with Gasteiger partial charge in [0.05, 0.1) is 12.7 Å². The van der Waals surface area contributed by atoms with Gasteiger partial charge in [-0.3, -0.25) is 0 Å². The average molecular weight is 295 g/mol. The lowest BCUT2D eigenvalue weighted by atomic mass is 9.90. The summed E-state index contributed by atoms with van der Waals surface area (Å²) in [6, 6.07) is 8.25. The molecule has 2 unspecified atom stereocenters. The topological polar surface area (TPSA) is 9.23 Å². The zero-order valence-corrected chi connectivity index (χ0v) is 13.4. The third-order valence-electron chi connectivity index (χ3n) is 4.34. The third kappa shape index (κ3) is 5.10. The number of halogens is 1. The summed E-state index contributed by atoms with van der Waals surface area (Å²) in [6.07, 6.45) is 11.0. The Morgan fingerprint density at radius 2 is 1.80 bits per heavy atom. The Morgan fingerprint density at radius 1 is 1.05 bits per heavy atom. The fraction of sp³-hybridized carbons (Fsp3) is 0.667. The van der Waals surface area contributed by atoms with Crippen molar-refractivity contribution in [3.05, 3.63) is 34.9 Å². The highest BCUT2D eigenvalue weighted by molar-refractivity contribution is 6.30. The maximum atomic E-state index is 6.05. The molecule has 0 amide bonds. The van der Waals surface area contributed by atoms with Crippen LogP contribution < -0.4 is 0 Å². The minimum atomic E-state index is 0.500. The molecule has 20 heavy (non-hydrogen) atoms. The monoisotopic (exact) mass is 294 g/mol. The van der Waals surface area contributed by atoms with E-state index in [1.165, 1.54) is 56.9 Å². The van der Waals surface area contributed by atoms with Crippen LogP contribution in [0, 0.1) is 0 Å². The van der Waals surface area contributed by atoms with Gasteiger partial charge in [-0.05, 0) is 37.0 Å². The van der Waals surface area contributed by atoms with Gasteiger partial charge < -0.3 is 4.74 Å². The van der Waals surface area contributed by atoms with Crippen LogP contribution in [-0.4, -0.2) is 12.7 Å². The predicted molar refractivity (Wildman–Crippen MR) is 86.5 cm³/mol. The lowest BCUT2D eigenvalue weighted by molar-refractivity contribution is -0.00213. The first kappa shape index (κ1) is 15.9. The maximum Gasteiger partial charge on any atom is 0.0575 e. The standard InChI is InChI=1S/C18H27ClO/c1-2-3-4-5-6-7-18-13-10-16(14-20-18)15-8-11-17(19)12-9-15/h8-9,11-12,16,18H,2-7,10,13-14H2,1H3. The fourth-order valence-corrected chi connectivity index (χ4v) is 3.13. The second kappa shape index (κ2) is 8.69. The summed E-state index contributed by atoms with van der Waals surface area (Å²) >= 11 is 5.94. The number of benzene rings is 1. The molecule has 0 N–H and O–H groups in total. The molecule has 1 nitrogen and oxygen atoms in total. The van der Waals surface area contributed by atoms with Crippen LogP contribution in [0.25, 0.3) is 0 Å². The molecule has 0 saturated carbocycles. The molecule has 2 rings (SSSR count). The molecular formula is C18H27ClO. The van der Waals surface area contributed by atoms with Gasteiger partial charge in [0.1, 0.15) is 0 Å². The Kier molecular flexibility index (Phi) is 6.89. The van der Waals surface area contributed by atoms with E-state index in [4.69, 9.17) is 16.3 Å². The van der Waals surface area contributed by atoms with Crippen molar-refractivity contribution in [2.75, 3.05) is 6.61 Å². The van der Waals surface area contributed by atoms with E-state index < -0.39 is 0 Å². The lowest BCUT2D eigenvalue weighted by Gasteiger charge is -2.29. The largest absolute Gasteiger partial charge is 0.378 e. The molecular weight excluding hydrogens is 268 g/mol. The van der Waals surface area contributed by atoms with Gasteiger partial charge in [-0.15, -0.1) is 0 Å². The van der Waals surface area contributed by atoms with Crippen molar-refractivity contribution in [2.24, 2.45) is 0 Å². The first-order chi connectivity index (χ1) is 9.79. The van der Waals surface area contributed by atoms with Crippen molar-refractivity contribution < 1.29 is 4.74 Å². The summed E-state index contributed by atoms with van der Waals surface area (Å²) in [5, 5.41) is 0.815. The van der Waals surface area contributed by atoms with Crippen molar-refractivity contribution in [1.82, 2.24) is 0 Å². The number of hydrogen-bond acceptors (Lipinski definition) is 1. The van der Waals surface area contributed by atoms with Crippen LogP contribution >= 0.6 is 11.6 Å². The maximum absolute atomic E-state index is 6.05. The van der Waals surface area contributed by atoms with Crippen molar-refractivity contribution in [2.45, 2.75) is 70.3 Å². The van der Waals surface area contributed by atoms with Gasteiger partial charge >= 0.3 is 0 Å². The smallest absolute Gasteiger partial charge is 0.0575 e. The van der Waals surface area contributed by atoms with Gasteiger partial charge in [0.25, 0.3) is 0 Å². The van der Waals surface area contributed by atoms with E-state index in [9.17, 15) is 0 Å². The molecule has 1 aliphatic rings. The van der Waals surface area contributed by atoms with Crippen LogP contribution in [0.2, 0.25) is 5.02 Å². The molecule has 1 saturated heterocycles. The van der Waals surface area contributed by atoms with Crippen molar-refractivity contribution in [3.63, 3.8) is 0 Å². The molecule has 0 bridgehead atoms. The molecule has 2 atom stereocenters. The first-order valence-electron chi connectivity index (χ1n) is 8.16. The second-order valence-electron chi connectivity index (χ2n) is 5.98. The second-order valence-corrected chi connectivity index (χ2v) is 6.42. The van der Waals surface area contributed by atoms with Crippen molar-refractivity contribution in [1.29, 1.82) is 0 Å². The van der Waals surface area contributed by atoms with Gasteiger partial charge in [0.15, 0.2) is 0 Å². The third-order valence-corrected chi connectivity index (χ3v) is 4.59. The Hall–Kier alpha value is -0.530. The van der Waals surface area contributed by atoms with E-state index in [1.807, 2.05) is 12.1 Å². The van der Waals surface area contributed by atoms with E-state index >= 15 is 0 Å². The summed E-state index contributed by atoms with van der Waals surface area (Å²) < 4.78 is 6.05. The molecule has 1 heterocycles. The fourth-order valence-electron chi connectivity index (χ4n) is 3.01. The summed E-state index contributed by atoms with van der Waals surface area (Å²) in [4.78, 5) is 0. The molecule has 1 aliphatic heterocycles. The predicted octanol–water partition coefficient (Wildman–Crippen LogP) is 5.96.